The number of ether oxygens (including phenoxy) is 2. The van der Waals surface area contributed by atoms with Gasteiger partial charge in [0.2, 0.25) is 5.91 Å². The van der Waals surface area contributed by atoms with E-state index in [1.165, 1.54) is 6.92 Å². The summed E-state index contributed by atoms with van der Waals surface area (Å²) in [4.78, 5) is 20.8. The van der Waals surface area contributed by atoms with E-state index < -0.39 is 0 Å². The largest absolute Gasteiger partial charge is 0.495 e. The molecular formula is C23H27ClN4O3. The number of hydrogen-bond acceptors (Lipinski definition) is 6. The Bertz CT molecular complexity index is 1090. The first kappa shape index (κ1) is 22.6. The van der Waals surface area contributed by atoms with E-state index in [0.29, 0.717) is 41.2 Å². The van der Waals surface area contributed by atoms with Crippen LogP contribution < -0.4 is 20.1 Å². The van der Waals surface area contributed by atoms with Gasteiger partial charge in [0.25, 0.3) is 0 Å². The van der Waals surface area contributed by atoms with Crippen LogP contribution in [0.5, 0.6) is 11.5 Å². The monoisotopic (exact) mass is 442 g/mol. The van der Waals surface area contributed by atoms with Crippen molar-refractivity contribution in [3.05, 3.63) is 46.7 Å². The summed E-state index contributed by atoms with van der Waals surface area (Å²) in [7, 11) is 1.59. The average molecular weight is 443 g/mol. The van der Waals surface area contributed by atoms with Gasteiger partial charge in [0.05, 0.1) is 29.9 Å². The van der Waals surface area contributed by atoms with Crippen molar-refractivity contribution < 1.29 is 14.3 Å². The van der Waals surface area contributed by atoms with Crippen LogP contribution in [0.15, 0.2) is 30.6 Å². The Morgan fingerprint density at radius 1 is 1.19 bits per heavy atom. The second kappa shape index (κ2) is 10.3. The fourth-order valence-electron chi connectivity index (χ4n) is 3.47. The minimum absolute atomic E-state index is 0.165. The van der Waals surface area contributed by atoms with E-state index >= 15 is 0 Å². The maximum absolute atomic E-state index is 11.8. The van der Waals surface area contributed by atoms with Crippen LogP contribution in [0.4, 0.5) is 11.5 Å². The molecule has 8 heteroatoms. The number of amides is 1. The van der Waals surface area contributed by atoms with Gasteiger partial charge in [-0.1, -0.05) is 31.0 Å². The Balaban J connectivity index is 2.04. The third-order valence-electron chi connectivity index (χ3n) is 4.75. The van der Waals surface area contributed by atoms with Crippen molar-refractivity contribution in [3.63, 3.8) is 0 Å². The summed E-state index contributed by atoms with van der Waals surface area (Å²) in [6.45, 7) is 6.50. The molecule has 0 aliphatic carbocycles. The van der Waals surface area contributed by atoms with E-state index in [2.05, 4.69) is 27.5 Å². The third kappa shape index (κ3) is 5.17. The van der Waals surface area contributed by atoms with Gasteiger partial charge < -0.3 is 20.1 Å². The molecule has 2 aromatic carbocycles. The van der Waals surface area contributed by atoms with Crippen LogP contribution in [0.25, 0.3) is 10.9 Å². The molecule has 1 heterocycles. The molecule has 0 atom stereocenters. The first-order valence-corrected chi connectivity index (χ1v) is 10.6. The van der Waals surface area contributed by atoms with Crippen LogP contribution in [0.2, 0.25) is 5.02 Å². The highest BCUT2D eigenvalue weighted by Gasteiger charge is 2.18. The molecule has 0 aliphatic heterocycles. The number of anilines is 2. The maximum atomic E-state index is 11.8. The van der Waals surface area contributed by atoms with Crippen molar-refractivity contribution >= 4 is 39.9 Å². The second-order valence-corrected chi connectivity index (χ2v) is 7.44. The molecule has 3 rings (SSSR count). The van der Waals surface area contributed by atoms with Crippen LogP contribution in [0, 0.1) is 0 Å². The van der Waals surface area contributed by atoms with Gasteiger partial charge in [-0.2, -0.15) is 0 Å². The van der Waals surface area contributed by atoms with Gasteiger partial charge in [-0.3, -0.25) is 4.79 Å². The fraction of sp³-hybridized carbons (Fsp3) is 0.348. The predicted molar refractivity (Wildman–Crippen MR) is 124 cm³/mol. The van der Waals surface area contributed by atoms with Gasteiger partial charge >= 0.3 is 0 Å². The highest BCUT2D eigenvalue weighted by Crippen LogP contribution is 2.38. The van der Waals surface area contributed by atoms with Crippen molar-refractivity contribution in [3.8, 4) is 11.5 Å². The first-order valence-electron chi connectivity index (χ1n) is 10.3. The smallest absolute Gasteiger partial charge is 0.221 e. The Kier molecular flexibility index (Phi) is 7.52. The molecule has 7 nitrogen and oxygen atoms in total. The normalized spacial score (nSPS) is 10.7. The molecule has 31 heavy (non-hydrogen) atoms. The summed E-state index contributed by atoms with van der Waals surface area (Å²) in [5, 5.41) is 7.62. The summed E-state index contributed by atoms with van der Waals surface area (Å²) >= 11 is 6.25. The number of rotatable bonds is 9. The highest BCUT2D eigenvalue weighted by molar-refractivity contribution is 6.32. The zero-order chi connectivity index (χ0) is 22.4. The van der Waals surface area contributed by atoms with E-state index in [-0.39, 0.29) is 5.91 Å². The predicted octanol–water partition coefficient (Wildman–Crippen LogP) is 5.21. The summed E-state index contributed by atoms with van der Waals surface area (Å²) in [5.74, 6) is 1.80. The lowest BCUT2D eigenvalue weighted by molar-refractivity contribution is -0.114. The van der Waals surface area contributed by atoms with Crippen LogP contribution >= 0.6 is 11.6 Å². The lowest BCUT2D eigenvalue weighted by Gasteiger charge is -2.18. The van der Waals surface area contributed by atoms with E-state index in [1.807, 2.05) is 31.2 Å². The minimum atomic E-state index is -0.165. The molecule has 0 unspecified atom stereocenters. The van der Waals surface area contributed by atoms with Crippen molar-refractivity contribution in [1.29, 1.82) is 0 Å². The molecule has 0 fully saturated rings. The van der Waals surface area contributed by atoms with E-state index in [0.717, 1.165) is 34.9 Å². The SMILES string of the molecule is CCCc1c(OCC)c(NC(C)=O)cc2c(NCc3ccc(OC)c(Cl)c3)ncnc12. The lowest BCUT2D eigenvalue weighted by atomic mass is 10.0. The van der Waals surface area contributed by atoms with E-state index in [9.17, 15) is 4.79 Å². The molecule has 2 N–H and O–H groups in total. The zero-order valence-electron chi connectivity index (χ0n) is 18.2. The number of carbonyl (C=O) groups excluding carboxylic acids is 1. The number of benzene rings is 2. The summed E-state index contributed by atoms with van der Waals surface area (Å²) in [6, 6.07) is 7.50. The van der Waals surface area contributed by atoms with Crippen LogP contribution in [-0.2, 0) is 17.8 Å². The Hall–Kier alpha value is -3.06. The second-order valence-electron chi connectivity index (χ2n) is 7.04. The van der Waals surface area contributed by atoms with Gasteiger partial charge in [0.1, 0.15) is 23.6 Å². The topological polar surface area (TPSA) is 85.4 Å². The number of hydrogen-bond donors (Lipinski definition) is 2. The number of nitrogens with zero attached hydrogens (tertiary/aromatic N) is 2. The van der Waals surface area contributed by atoms with Crippen LogP contribution in [-0.4, -0.2) is 29.6 Å². The standard InChI is InChI=1S/C23H27ClN4O3/c1-5-7-16-21-17(11-19(28-14(3)29)22(16)31-6-2)23(27-13-26-21)25-12-15-8-9-20(30-4)18(24)10-15/h8-11,13H,5-7,12H2,1-4H3,(H,28,29)(H,25,26,27). The number of carbonyl (C=O) groups is 1. The number of fused-ring (bicyclic) bond motifs is 1. The molecule has 164 valence electrons. The molecule has 3 aromatic rings. The van der Waals surface area contributed by atoms with Gasteiger partial charge in [-0.25, -0.2) is 9.97 Å². The quantitative estimate of drug-likeness (QED) is 0.473. The number of aromatic nitrogens is 2. The fourth-order valence-corrected chi connectivity index (χ4v) is 3.75. The zero-order valence-corrected chi connectivity index (χ0v) is 19.0. The molecule has 0 aliphatic rings. The number of methoxy groups -OCH3 is 1. The highest BCUT2D eigenvalue weighted by atomic mass is 35.5. The Morgan fingerprint density at radius 2 is 2.00 bits per heavy atom. The summed E-state index contributed by atoms with van der Waals surface area (Å²) < 4.78 is 11.1. The van der Waals surface area contributed by atoms with Gasteiger partial charge in [0, 0.05) is 24.4 Å². The number of nitrogens with one attached hydrogen (secondary N) is 2. The van der Waals surface area contributed by atoms with Gasteiger partial charge in [-0.05, 0) is 37.1 Å². The van der Waals surface area contributed by atoms with Crippen LogP contribution in [0.3, 0.4) is 0 Å². The average Bonchev–Trinajstić information content (AvgIpc) is 2.74. The van der Waals surface area contributed by atoms with Crippen LogP contribution in [0.1, 0.15) is 38.3 Å². The van der Waals surface area contributed by atoms with E-state index in [1.54, 1.807) is 13.4 Å². The summed E-state index contributed by atoms with van der Waals surface area (Å²) in [6.07, 6.45) is 3.22. The van der Waals surface area contributed by atoms with Crippen molar-refractivity contribution in [2.75, 3.05) is 24.4 Å². The molecule has 1 amide bonds. The van der Waals surface area contributed by atoms with Crippen molar-refractivity contribution in [2.24, 2.45) is 0 Å². The molecule has 0 saturated carbocycles. The van der Waals surface area contributed by atoms with E-state index in [4.69, 9.17) is 21.1 Å². The Morgan fingerprint density at radius 3 is 2.65 bits per heavy atom. The lowest BCUT2D eigenvalue weighted by Crippen LogP contribution is -2.11. The van der Waals surface area contributed by atoms with Gasteiger partial charge in [0.15, 0.2) is 0 Å². The molecule has 0 spiro atoms. The number of halogens is 1. The maximum Gasteiger partial charge on any atom is 0.221 e. The molecular weight excluding hydrogens is 416 g/mol. The first-order chi connectivity index (χ1) is 15.0. The molecule has 0 saturated heterocycles. The minimum Gasteiger partial charge on any atom is -0.495 e. The van der Waals surface area contributed by atoms with Crippen molar-refractivity contribution in [1.82, 2.24) is 9.97 Å². The third-order valence-corrected chi connectivity index (χ3v) is 5.05. The Labute approximate surface area is 187 Å². The van der Waals surface area contributed by atoms with Gasteiger partial charge in [-0.15, -0.1) is 0 Å². The van der Waals surface area contributed by atoms with Crippen molar-refractivity contribution in [2.45, 2.75) is 40.2 Å². The number of aryl methyl sites for hydroxylation is 1. The molecule has 0 radical (unpaired) electrons. The molecule has 1 aromatic heterocycles. The molecule has 0 bridgehead atoms. The summed E-state index contributed by atoms with van der Waals surface area (Å²) in [5.41, 5.74) is 3.38.